The number of carbonyl (C=O) groups is 1. The van der Waals surface area contributed by atoms with E-state index in [9.17, 15) is 13.6 Å². The molecule has 3 rings (SSSR count). The molecule has 0 spiro atoms. The Balaban J connectivity index is 0.00000208. The predicted octanol–water partition coefficient (Wildman–Crippen LogP) is 2.33. The highest BCUT2D eigenvalue weighted by molar-refractivity contribution is 5.85. The summed E-state index contributed by atoms with van der Waals surface area (Å²) >= 11 is 0. The van der Waals surface area contributed by atoms with Crippen LogP contribution in [0.2, 0.25) is 0 Å². The maximum atomic E-state index is 13.1. The fourth-order valence-corrected chi connectivity index (χ4v) is 2.39. The van der Waals surface area contributed by atoms with E-state index < -0.39 is 36.9 Å². The average molecular weight is 359 g/mol. The van der Waals surface area contributed by atoms with Crippen molar-refractivity contribution in [2.45, 2.75) is 31.4 Å². The van der Waals surface area contributed by atoms with E-state index in [1.807, 2.05) is 30.3 Å². The van der Waals surface area contributed by atoms with Crippen LogP contribution < -0.4 is 10.6 Å². The first-order chi connectivity index (χ1) is 10.9. The molecule has 0 saturated carbocycles. The Kier molecular flexibility index (Phi) is 5.51. The van der Waals surface area contributed by atoms with Gasteiger partial charge in [0, 0.05) is 12.0 Å². The topological polar surface area (TPSA) is 80.0 Å². The Bertz CT molecular complexity index is 696. The maximum Gasteiger partial charge on any atom is 0.262 e. The maximum absolute atomic E-state index is 13.1. The number of hydrogen-bond acceptors (Lipinski definition) is 5. The highest BCUT2D eigenvalue weighted by Gasteiger charge is 2.42. The lowest BCUT2D eigenvalue weighted by molar-refractivity contribution is -0.124. The molecule has 2 N–H and O–H groups in total. The summed E-state index contributed by atoms with van der Waals surface area (Å²) in [6.07, 6.45) is -0.507. The normalized spacial score (nSPS) is 20.2. The molecule has 0 radical (unpaired) electrons. The van der Waals surface area contributed by atoms with Crippen molar-refractivity contribution >= 4 is 18.3 Å². The van der Waals surface area contributed by atoms with Gasteiger partial charge in [-0.1, -0.05) is 23.4 Å². The minimum Gasteiger partial charge on any atom is -0.345 e. The lowest BCUT2D eigenvalue weighted by Gasteiger charge is -2.14. The van der Waals surface area contributed by atoms with E-state index in [0.717, 1.165) is 5.56 Å². The summed E-state index contributed by atoms with van der Waals surface area (Å²) in [6, 6.07) is 7.75. The van der Waals surface area contributed by atoms with E-state index in [1.54, 1.807) is 6.92 Å². The summed E-state index contributed by atoms with van der Waals surface area (Å²) in [4.78, 5) is 16.2. The summed E-state index contributed by atoms with van der Waals surface area (Å²) in [5.41, 5.74) is 0.766. The Morgan fingerprint density at radius 3 is 2.75 bits per heavy atom. The first kappa shape index (κ1) is 18.3. The Morgan fingerprint density at radius 2 is 2.12 bits per heavy atom. The number of aromatic nitrogens is 2. The molecule has 1 saturated heterocycles. The van der Waals surface area contributed by atoms with Crippen molar-refractivity contribution in [2.24, 2.45) is 0 Å². The van der Waals surface area contributed by atoms with E-state index >= 15 is 0 Å². The molecule has 130 valence electrons. The van der Waals surface area contributed by atoms with Crippen molar-refractivity contribution in [3.05, 3.63) is 36.2 Å². The third kappa shape index (κ3) is 4.07. The molecule has 9 heteroatoms. The molecule has 2 unspecified atom stereocenters. The molecule has 1 aromatic carbocycles. The van der Waals surface area contributed by atoms with E-state index in [2.05, 4.69) is 20.8 Å². The molecule has 6 nitrogen and oxygen atoms in total. The van der Waals surface area contributed by atoms with Gasteiger partial charge in [0.2, 0.25) is 5.91 Å². The van der Waals surface area contributed by atoms with Gasteiger partial charge in [0.15, 0.2) is 5.82 Å². The van der Waals surface area contributed by atoms with E-state index in [-0.39, 0.29) is 12.4 Å². The van der Waals surface area contributed by atoms with Crippen LogP contribution in [0.25, 0.3) is 11.5 Å². The van der Waals surface area contributed by atoms with Crippen LogP contribution >= 0.6 is 12.4 Å². The molecular weight excluding hydrogens is 342 g/mol. The number of halogens is 3. The number of alkyl halides is 2. The van der Waals surface area contributed by atoms with Crippen molar-refractivity contribution in [1.29, 1.82) is 0 Å². The second-order valence-electron chi connectivity index (χ2n) is 5.55. The zero-order chi connectivity index (χ0) is 16.4. The lowest BCUT2D eigenvalue weighted by Crippen LogP contribution is -2.41. The molecule has 1 aliphatic heterocycles. The van der Waals surface area contributed by atoms with Crippen LogP contribution in [0.4, 0.5) is 8.78 Å². The minimum atomic E-state index is -2.85. The van der Waals surface area contributed by atoms with Crippen molar-refractivity contribution in [2.75, 3.05) is 6.54 Å². The van der Waals surface area contributed by atoms with Gasteiger partial charge < -0.3 is 9.84 Å². The zero-order valence-electron chi connectivity index (χ0n) is 12.8. The van der Waals surface area contributed by atoms with Crippen molar-refractivity contribution < 1.29 is 18.1 Å². The summed E-state index contributed by atoms with van der Waals surface area (Å²) in [5.74, 6) is -2.72. The first-order valence-corrected chi connectivity index (χ1v) is 7.25. The molecule has 2 aromatic rings. The Hall–Kier alpha value is -2.06. The van der Waals surface area contributed by atoms with E-state index in [0.29, 0.717) is 11.7 Å². The van der Waals surface area contributed by atoms with Gasteiger partial charge in [-0.05, 0) is 19.1 Å². The van der Waals surface area contributed by atoms with E-state index in [1.165, 1.54) is 0 Å². The molecular formula is C15H17ClF2N4O2. The molecule has 24 heavy (non-hydrogen) atoms. The van der Waals surface area contributed by atoms with Crippen LogP contribution in [0.1, 0.15) is 25.2 Å². The summed E-state index contributed by atoms with van der Waals surface area (Å²) in [7, 11) is 0. The summed E-state index contributed by atoms with van der Waals surface area (Å²) < 4.78 is 31.4. The van der Waals surface area contributed by atoms with Gasteiger partial charge in [0.1, 0.15) is 0 Å². The third-order valence-electron chi connectivity index (χ3n) is 3.63. The fourth-order valence-electron chi connectivity index (χ4n) is 2.39. The van der Waals surface area contributed by atoms with Gasteiger partial charge >= 0.3 is 0 Å². The number of rotatable bonds is 4. The Morgan fingerprint density at radius 1 is 1.42 bits per heavy atom. The predicted molar refractivity (Wildman–Crippen MR) is 84.9 cm³/mol. The summed E-state index contributed by atoms with van der Waals surface area (Å²) in [5, 5.41) is 8.96. The molecule has 2 heterocycles. The van der Waals surface area contributed by atoms with Crippen LogP contribution in [-0.4, -0.2) is 34.6 Å². The highest BCUT2D eigenvalue weighted by atomic mass is 35.5. The van der Waals surface area contributed by atoms with Gasteiger partial charge in [-0.15, -0.1) is 12.4 Å². The lowest BCUT2D eigenvalue weighted by atomic mass is 10.1. The number of nitrogens with one attached hydrogen (secondary N) is 2. The standard InChI is InChI=1S/C15H16F2N4O2.ClH/c1-9(19-13(22)11-7-15(16,17)8-18-11)12-20-14(23-21-12)10-5-3-2-4-6-10;/h2-6,9,11,18H,7-8H2,1H3,(H,19,22);1H. The second-order valence-corrected chi connectivity index (χ2v) is 5.55. The Labute approximate surface area is 143 Å². The monoisotopic (exact) mass is 358 g/mol. The van der Waals surface area contributed by atoms with Crippen molar-refractivity contribution in [3.63, 3.8) is 0 Å². The van der Waals surface area contributed by atoms with Crippen LogP contribution in [0.15, 0.2) is 34.9 Å². The molecule has 1 fully saturated rings. The minimum absolute atomic E-state index is 0. The molecule has 1 aromatic heterocycles. The first-order valence-electron chi connectivity index (χ1n) is 7.25. The fraction of sp³-hybridized carbons (Fsp3) is 0.400. The van der Waals surface area contributed by atoms with Gasteiger partial charge in [0.25, 0.3) is 11.8 Å². The number of carbonyl (C=O) groups excluding carboxylic acids is 1. The second kappa shape index (κ2) is 7.23. The van der Waals surface area contributed by atoms with Crippen molar-refractivity contribution in [1.82, 2.24) is 20.8 Å². The highest BCUT2D eigenvalue weighted by Crippen LogP contribution is 2.25. The van der Waals surface area contributed by atoms with Gasteiger partial charge in [-0.3, -0.25) is 10.1 Å². The van der Waals surface area contributed by atoms with Gasteiger partial charge in [-0.2, -0.15) is 4.98 Å². The third-order valence-corrected chi connectivity index (χ3v) is 3.63. The SMILES string of the molecule is CC(NC(=O)C1CC(F)(F)CN1)c1noc(-c2ccccc2)n1.Cl. The number of hydrogen-bond donors (Lipinski definition) is 2. The van der Waals surface area contributed by atoms with Crippen LogP contribution in [0.3, 0.4) is 0 Å². The van der Waals surface area contributed by atoms with Gasteiger partial charge in [-0.25, -0.2) is 8.78 Å². The van der Waals surface area contributed by atoms with Crippen LogP contribution in [0, 0.1) is 0 Å². The smallest absolute Gasteiger partial charge is 0.262 e. The molecule has 1 aliphatic rings. The zero-order valence-corrected chi connectivity index (χ0v) is 13.6. The average Bonchev–Trinajstić information content (AvgIpc) is 3.15. The van der Waals surface area contributed by atoms with Crippen molar-refractivity contribution in [3.8, 4) is 11.5 Å². The summed E-state index contributed by atoms with van der Waals surface area (Å²) in [6.45, 7) is 1.18. The van der Waals surface area contributed by atoms with E-state index in [4.69, 9.17) is 4.52 Å². The molecule has 1 amide bonds. The number of amides is 1. The molecule has 0 bridgehead atoms. The molecule has 0 aliphatic carbocycles. The van der Waals surface area contributed by atoms with Crippen LogP contribution in [-0.2, 0) is 4.79 Å². The quantitative estimate of drug-likeness (QED) is 0.876. The number of nitrogens with zero attached hydrogens (tertiary/aromatic N) is 2. The van der Waals surface area contributed by atoms with Gasteiger partial charge in [0.05, 0.1) is 18.6 Å². The largest absolute Gasteiger partial charge is 0.345 e. The molecule has 2 atom stereocenters. The van der Waals surface area contributed by atoms with Crippen LogP contribution in [0.5, 0.6) is 0 Å². The number of benzene rings is 1.